The Bertz CT molecular complexity index is 358. The van der Waals surface area contributed by atoms with Crippen molar-refractivity contribution in [3.8, 4) is 0 Å². The van der Waals surface area contributed by atoms with Crippen LogP contribution < -0.4 is 10.5 Å². The third kappa shape index (κ3) is 2.72. The maximum absolute atomic E-state index is 11.8. The van der Waals surface area contributed by atoms with Gasteiger partial charge in [0.25, 0.3) is 10.2 Å². The van der Waals surface area contributed by atoms with Gasteiger partial charge in [-0.25, -0.2) is 0 Å². The molecule has 1 saturated carbocycles. The minimum Gasteiger partial charge on any atom is -0.386 e. The maximum Gasteiger partial charge on any atom is 0.279 e. The van der Waals surface area contributed by atoms with Crippen LogP contribution in [0.2, 0.25) is 0 Å². The first-order chi connectivity index (χ1) is 7.30. The van der Waals surface area contributed by atoms with Crippen molar-refractivity contribution in [3.05, 3.63) is 0 Å². The maximum atomic E-state index is 11.8. The molecular formula is C9H20N4O2S. The molecule has 94 valence electrons. The first-order valence-electron chi connectivity index (χ1n) is 5.36. The summed E-state index contributed by atoms with van der Waals surface area (Å²) in [5, 5.41) is 7.59. The Kier molecular flexibility index (Phi) is 3.92. The third-order valence-corrected chi connectivity index (χ3v) is 4.64. The van der Waals surface area contributed by atoms with Crippen LogP contribution in [0.1, 0.15) is 32.1 Å². The highest BCUT2D eigenvalue weighted by atomic mass is 32.2. The molecule has 1 aliphatic rings. The summed E-state index contributed by atoms with van der Waals surface area (Å²) in [5.74, 6) is -0.0855. The molecule has 6 nitrogen and oxygen atoms in total. The second kappa shape index (κ2) is 4.68. The fourth-order valence-corrected chi connectivity index (χ4v) is 2.91. The van der Waals surface area contributed by atoms with Gasteiger partial charge in [-0.3, -0.25) is 5.41 Å². The fourth-order valence-electron chi connectivity index (χ4n) is 1.92. The summed E-state index contributed by atoms with van der Waals surface area (Å²) < 4.78 is 27.2. The van der Waals surface area contributed by atoms with Gasteiger partial charge in [0.15, 0.2) is 0 Å². The van der Waals surface area contributed by atoms with Crippen molar-refractivity contribution in [2.24, 2.45) is 5.73 Å². The lowest BCUT2D eigenvalue weighted by atomic mass is 9.82. The normalized spacial score (nSPS) is 20.9. The molecule has 1 aliphatic carbocycles. The topological polar surface area (TPSA) is 99.3 Å². The van der Waals surface area contributed by atoms with Crippen molar-refractivity contribution >= 4 is 16.0 Å². The van der Waals surface area contributed by atoms with E-state index in [0.717, 1.165) is 23.6 Å². The Morgan fingerprint density at radius 1 is 1.31 bits per heavy atom. The SMILES string of the molecule is CN(C)S(=O)(=O)NC1(C(=N)N)CCCCC1. The molecule has 0 amide bonds. The number of nitrogens with two attached hydrogens (primary N) is 1. The van der Waals surface area contributed by atoms with Gasteiger partial charge >= 0.3 is 0 Å². The van der Waals surface area contributed by atoms with E-state index in [9.17, 15) is 8.42 Å². The minimum atomic E-state index is -3.54. The zero-order valence-electron chi connectivity index (χ0n) is 9.78. The lowest BCUT2D eigenvalue weighted by molar-refractivity contribution is 0.340. The summed E-state index contributed by atoms with van der Waals surface area (Å²) in [4.78, 5) is 0. The average molecular weight is 248 g/mol. The Morgan fingerprint density at radius 3 is 2.19 bits per heavy atom. The summed E-state index contributed by atoms with van der Waals surface area (Å²) in [6.45, 7) is 0. The van der Waals surface area contributed by atoms with E-state index in [-0.39, 0.29) is 5.84 Å². The number of hydrogen-bond acceptors (Lipinski definition) is 3. The fraction of sp³-hybridized carbons (Fsp3) is 0.889. The molecule has 16 heavy (non-hydrogen) atoms. The molecule has 0 saturated heterocycles. The second-order valence-corrected chi connectivity index (χ2v) is 6.33. The highest BCUT2D eigenvalue weighted by molar-refractivity contribution is 7.87. The van der Waals surface area contributed by atoms with Gasteiger partial charge in [-0.05, 0) is 12.8 Å². The largest absolute Gasteiger partial charge is 0.386 e. The predicted octanol–water partition coefficient (Wildman–Crippen LogP) is 0.0213. The van der Waals surface area contributed by atoms with Crippen LogP contribution in [0, 0.1) is 5.41 Å². The summed E-state index contributed by atoms with van der Waals surface area (Å²) in [7, 11) is -0.624. The third-order valence-electron chi connectivity index (χ3n) is 3.03. The van der Waals surface area contributed by atoms with Gasteiger partial charge in [-0.2, -0.15) is 17.4 Å². The summed E-state index contributed by atoms with van der Waals surface area (Å²) >= 11 is 0. The number of hydrogen-bond donors (Lipinski definition) is 3. The molecule has 1 rings (SSSR count). The zero-order valence-corrected chi connectivity index (χ0v) is 10.6. The highest BCUT2D eigenvalue weighted by Crippen LogP contribution is 2.28. The molecule has 0 radical (unpaired) electrons. The first-order valence-corrected chi connectivity index (χ1v) is 6.80. The first kappa shape index (κ1) is 13.4. The van der Waals surface area contributed by atoms with Gasteiger partial charge in [-0.1, -0.05) is 19.3 Å². The molecule has 4 N–H and O–H groups in total. The van der Waals surface area contributed by atoms with Gasteiger partial charge < -0.3 is 5.73 Å². The lowest BCUT2D eigenvalue weighted by Crippen LogP contribution is -2.60. The lowest BCUT2D eigenvalue weighted by Gasteiger charge is -2.37. The van der Waals surface area contributed by atoms with E-state index in [1.54, 1.807) is 0 Å². The van der Waals surface area contributed by atoms with E-state index in [2.05, 4.69) is 4.72 Å². The van der Waals surface area contributed by atoms with E-state index in [0.29, 0.717) is 12.8 Å². The Morgan fingerprint density at radius 2 is 1.81 bits per heavy atom. The Hall–Kier alpha value is -0.660. The summed E-state index contributed by atoms with van der Waals surface area (Å²) in [6.07, 6.45) is 4.08. The number of rotatable bonds is 4. The quantitative estimate of drug-likeness (QED) is 0.483. The highest BCUT2D eigenvalue weighted by Gasteiger charge is 2.39. The van der Waals surface area contributed by atoms with E-state index < -0.39 is 15.7 Å². The van der Waals surface area contributed by atoms with Gasteiger partial charge in [0, 0.05) is 14.1 Å². The molecule has 0 heterocycles. The van der Waals surface area contributed by atoms with Crippen LogP contribution in [0.3, 0.4) is 0 Å². The van der Waals surface area contributed by atoms with Crippen molar-refractivity contribution in [2.45, 2.75) is 37.6 Å². The molecule has 1 fully saturated rings. The number of amidine groups is 1. The van der Waals surface area contributed by atoms with Crippen LogP contribution in [-0.2, 0) is 10.2 Å². The summed E-state index contributed by atoms with van der Waals surface area (Å²) in [5.41, 5.74) is 4.67. The molecule has 0 aromatic rings. The smallest absolute Gasteiger partial charge is 0.279 e. The summed E-state index contributed by atoms with van der Waals surface area (Å²) in [6, 6.07) is 0. The molecule has 0 bridgehead atoms. The van der Waals surface area contributed by atoms with Crippen molar-refractivity contribution in [1.82, 2.24) is 9.03 Å². The van der Waals surface area contributed by atoms with Crippen molar-refractivity contribution in [3.63, 3.8) is 0 Å². The van der Waals surface area contributed by atoms with E-state index in [1.807, 2.05) is 0 Å². The molecule has 7 heteroatoms. The Labute approximate surface area is 96.9 Å². The van der Waals surface area contributed by atoms with Gasteiger partial charge in [0.1, 0.15) is 5.84 Å². The minimum absolute atomic E-state index is 0.0855. The van der Waals surface area contributed by atoms with E-state index in [1.165, 1.54) is 14.1 Å². The molecule has 0 aromatic carbocycles. The van der Waals surface area contributed by atoms with Crippen LogP contribution in [-0.4, -0.2) is 38.2 Å². The second-order valence-electron chi connectivity index (χ2n) is 4.45. The molecular weight excluding hydrogens is 228 g/mol. The average Bonchev–Trinajstić information content (AvgIpc) is 2.18. The molecule has 0 aromatic heterocycles. The molecule has 0 atom stereocenters. The van der Waals surface area contributed by atoms with Gasteiger partial charge in [-0.15, -0.1) is 0 Å². The van der Waals surface area contributed by atoms with Crippen LogP contribution in [0.5, 0.6) is 0 Å². The van der Waals surface area contributed by atoms with Crippen molar-refractivity contribution in [2.75, 3.05) is 14.1 Å². The van der Waals surface area contributed by atoms with Gasteiger partial charge in [0.05, 0.1) is 5.54 Å². The molecule has 0 aliphatic heterocycles. The van der Waals surface area contributed by atoms with Gasteiger partial charge in [0.2, 0.25) is 0 Å². The number of nitrogens with zero attached hydrogens (tertiary/aromatic N) is 1. The molecule has 0 spiro atoms. The van der Waals surface area contributed by atoms with Crippen LogP contribution in [0.15, 0.2) is 0 Å². The van der Waals surface area contributed by atoms with Crippen molar-refractivity contribution < 1.29 is 8.42 Å². The van der Waals surface area contributed by atoms with Crippen LogP contribution in [0.25, 0.3) is 0 Å². The standard InChI is InChI=1S/C9H20N4O2S/c1-13(2)16(14,15)12-9(8(10)11)6-4-3-5-7-9/h12H,3-7H2,1-2H3,(H3,10,11). The monoisotopic (exact) mass is 248 g/mol. The molecule has 0 unspecified atom stereocenters. The van der Waals surface area contributed by atoms with E-state index in [4.69, 9.17) is 11.1 Å². The van der Waals surface area contributed by atoms with E-state index >= 15 is 0 Å². The zero-order chi connectivity index (χ0) is 12.4. The Balaban J connectivity index is 2.92. The van der Waals surface area contributed by atoms with Crippen LogP contribution in [0.4, 0.5) is 0 Å². The van der Waals surface area contributed by atoms with Crippen LogP contribution >= 0.6 is 0 Å². The predicted molar refractivity (Wildman–Crippen MR) is 63.5 cm³/mol. The van der Waals surface area contributed by atoms with Crippen molar-refractivity contribution in [1.29, 1.82) is 5.41 Å². The number of nitrogens with one attached hydrogen (secondary N) is 2.